The molecule has 1 N–H and O–H groups in total. The second kappa shape index (κ2) is 7.20. The van der Waals surface area contributed by atoms with Crippen molar-refractivity contribution in [3.8, 4) is 17.2 Å². The van der Waals surface area contributed by atoms with E-state index in [4.69, 9.17) is 37.4 Å². The number of aryl methyl sites for hydroxylation is 1. The van der Waals surface area contributed by atoms with Crippen molar-refractivity contribution in [1.82, 2.24) is 0 Å². The molecule has 0 aliphatic carbocycles. The summed E-state index contributed by atoms with van der Waals surface area (Å²) >= 11 is 12.2. The van der Waals surface area contributed by atoms with Crippen molar-refractivity contribution in [1.29, 1.82) is 0 Å². The molecule has 2 aromatic carbocycles. The van der Waals surface area contributed by atoms with Crippen molar-refractivity contribution in [2.45, 2.75) is 6.92 Å². The number of carbonyl (C=O) groups is 1. The van der Waals surface area contributed by atoms with Gasteiger partial charge in [-0.1, -0.05) is 29.3 Å². The van der Waals surface area contributed by atoms with Crippen molar-refractivity contribution < 1.29 is 19.0 Å². The Hall–Kier alpha value is -2.11. The van der Waals surface area contributed by atoms with Crippen molar-refractivity contribution in [3.05, 3.63) is 45.9 Å². The molecule has 7 heteroatoms. The third-order valence-electron chi connectivity index (χ3n) is 3.35. The monoisotopic (exact) mass is 367 g/mol. The number of ether oxygens (including phenoxy) is 3. The smallest absolute Gasteiger partial charge is 0.262 e. The maximum atomic E-state index is 12.1. The van der Waals surface area contributed by atoms with Gasteiger partial charge in [-0.25, -0.2) is 0 Å². The summed E-state index contributed by atoms with van der Waals surface area (Å²) in [5, 5.41) is 3.50. The maximum Gasteiger partial charge on any atom is 0.262 e. The summed E-state index contributed by atoms with van der Waals surface area (Å²) in [6.07, 6.45) is 0. The first-order valence-electron chi connectivity index (χ1n) is 7.31. The zero-order valence-corrected chi connectivity index (χ0v) is 14.4. The van der Waals surface area contributed by atoms with E-state index in [1.807, 2.05) is 13.0 Å². The Morgan fingerprint density at radius 2 is 1.83 bits per heavy atom. The van der Waals surface area contributed by atoms with Crippen LogP contribution in [0.4, 0.5) is 5.69 Å². The van der Waals surface area contributed by atoms with Gasteiger partial charge in [0.2, 0.25) is 0 Å². The van der Waals surface area contributed by atoms with Crippen LogP contribution < -0.4 is 19.5 Å². The molecule has 0 fully saturated rings. The van der Waals surface area contributed by atoms with Crippen molar-refractivity contribution in [3.63, 3.8) is 0 Å². The molecular formula is C17H15Cl2NO4. The number of amides is 1. The number of rotatable bonds is 4. The van der Waals surface area contributed by atoms with Gasteiger partial charge in [0.1, 0.15) is 19.0 Å². The lowest BCUT2D eigenvalue weighted by Crippen LogP contribution is -2.21. The van der Waals surface area contributed by atoms with Crippen LogP contribution in [0.3, 0.4) is 0 Å². The number of hydrogen-bond acceptors (Lipinski definition) is 4. The molecule has 0 bridgehead atoms. The summed E-state index contributed by atoms with van der Waals surface area (Å²) in [5.41, 5.74) is 1.43. The van der Waals surface area contributed by atoms with Crippen LogP contribution in [-0.2, 0) is 4.79 Å². The van der Waals surface area contributed by atoms with Crippen LogP contribution in [0.25, 0.3) is 0 Å². The highest BCUT2D eigenvalue weighted by Crippen LogP contribution is 2.38. The quantitative estimate of drug-likeness (QED) is 0.883. The minimum atomic E-state index is -0.355. The third-order valence-corrected chi connectivity index (χ3v) is 3.98. The Morgan fingerprint density at radius 1 is 1.12 bits per heavy atom. The van der Waals surface area contributed by atoms with Gasteiger partial charge >= 0.3 is 0 Å². The first kappa shape index (κ1) is 16.7. The van der Waals surface area contributed by atoms with Gasteiger partial charge in [-0.2, -0.15) is 0 Å². The zero-order valence-electron chi connectivity index (χ0n) is 12.9. The number of hydrogen-bond donors (Lipinski definition) is 1. The Balaban J connectivity index is 1.65. The summed E-state index contributed by atoms with van der Waals surface area (Å²) < 4.78 is 16.4. The largest absolute Gasteiger partial charge is 0.486 e. The first-order chi connectivity index (χ1) is 11.5. The zero-order chi connectivity index (χ0) is 17.1. The average Bonchev–Trinajstić information content (AvgIpc) is 2.56. The van der Waals surface area contributed by atoms with E-state index in [1.165, 1.54) is 0 Å². The third kappa shape index (κ3) is 3.86. The highest BCUT2D eigenvalue weighted by atomic mass is 35.5. The predicted octanol–water partition coefficient (Wildman–Crippen LogP) is 4.09. The highest BCUT2D eigenvalue weighted by molar-refractivity contribution is 6.34. The standard InChI is InChI=1S/C17H15Cl2NO4/c1-10-2-3-11(18)14(6-10)24-9-17(21)20-13-8-16-15(7-12(13)19)22-4-5-23-16/h2-3,6-8H,4-5,9H2,1H3,(H,20,21). The summed E-state index contributed by atoms with van der Waals surface area (Å²) in [4.78, 5) is 12.1. The van der Waals surface area contributed by atoms with E-state index in [2.05, 4.69) is 5.32 Å². The van der Waals surface area contributed by atoms with Crippen LogP contribution in [-0.4, -0.2) is 25.7 Å². The molecule has 1 heterocycles. The fourth-order valence-corrected chi connectivity index (χ4v) is 2.58. The van der Waals surface area contributed by atoms with Crippen LogP contribution in [0.2, 0.25) is 10.0 Å². The fourth-order valence-electron chi connectivity index (χ4n) is 2.21. The molecule has 0 unspecified atom stereocenters. The average molecular weight is 368 g/mol. The summed E-state index contributed by atoms with van der Waals surface area (Å²) in [7, 11) is 0. The molecule has 3 rings (SSSR count). The van der Waals surface area contributed by atoms with Crippen LogP contribution in [0, 0.1) is 6.92 Å². The molecule has 0 spiro atoms. The molecule has 0 atom stereocenters. The number of fused-ring (bicyclic) bond motifs is 1. The van der Waals surface area contributed by atoms with Gasteiger partial charge in [-0.3, -0.25) is 4.79 Å². The number of nitrogens with one attached hydrogen (secondary N) is 1. The molecule has 1 amide bonds. The van der Waals surface area contributed by atoms with E-state index in [-0.39, 0.29) is 12.5 Å². The summed E-state index contributed by atoms with van der Waals surface area (Å²) in [6.45, 7) is 2.66. The van der Waals surface area contributed by atoms with E-state index in [9.17, 15) is 4.79 Å². The Bertz CT molecular complexity index is 779. The normalized spacial score (nSPS) is 12.6. The minimum Gasteiger partial charge on any atom is -0.486 e. The Labute approximate surface area is 149 Å². The van der Waals surface area contributed by atoms with Gasteiger partial charge in [0, 0.05) is 12.1 Å². The van der Waals surface area contributed by atoms with E-state index in [0.29, 0.717) is 46.2 Å². The summed E-state index contributed by atoms with van der Waals surface area (Å²) in [6, 6.07) is 8.61. The van der Waals surface area contributed by atoms with Gasteiger partial charge in [0.05, 0.1) is 15.7 Å². The van der Waals surface area contributed by atoms with Gasteiger partial charge in [-0.05, 0) is 24.6 Å². The lowest BCUT2D eigenvalue weighted by atomic mass is 10.2. The lowest BCUT2D eigenvalue weighted by Gasteiger charge is -2.20. The van der Waals surface area contributed by atoms with Crippen molar-refractivity contribution >= 4 is 34.8 Å². The van der Waals surface area contributed by atoms with Crippen LogP contribution in [0.1, 0.15) is 5.56 Å². The van der Waals surface area contributed by atoms with E-state index in [0.717, 1.165) is 5.56 Å². The molecular weight excluding hydrogens is 353 g/mol. The SMILES string of the molecule is Cc1ccc(Cl)c(OCC(=O)Nc2cc3c(cc2Cl)OCCO3)c1. The first-order valence-corrected chi connectivity index (χ1v) is 8.06. The second-order valence-corrected chi connectivity index (χ2v) is 6.06. The van der Waals surface area contributed by atoms with Crippen LogP contribution >= 0.6 is 23.2 Å². The Morgan fingerprint density at radius 3 is 2.58 bits per heavy atom. The lowest BCUT2D eigenvalue weighted by molar-refractivity contribution is -0.118. The molecule has 126 valence electrons. The maximum absolute atomic E-state index is 12.1. The van der Waals surface area contributed by atoms with Crippen molar-refractivity contribution in [2.24, 2.45) is 0 Å². The number of anilines is 1. The van der Waals surface area contributed by atoms with E-state index in [1.54, 1.807) is 24.3 Å². The van der Waals surface area contributed by atoms with Gasteiger partial charge in [-0.15, -0.1) is 0 Å². The fraction of sp³-hybridized carbons (Fsp3) is 0.235. The molecule has 24 heavy (non-hydrogen) atoms. The molecule has 0 saturated heterocycles. The molecule has 1 aliphatic heterocycles. The second-order valence-electron chi connectivity index (χ2n) is 5.25. The molecule has 0 radical (unpaired) electrons. The van der Waals surface area contributed by atoms with Gasteiger partial charge in [0.15, 0.2) is 18.1 Å². The van der Waals surface area contributed by atoms with Crippen molar-refractivity contribution in [2.75, 3.05) is 25.1 Å². The molecule has 0 aromatic heterocycles. The predicted molar refractivity (Wildman–Crippen MR) is 92.8 cm³/mol. The van der Waals surface area contributed by atoms with Gasteiger partial charge < -0.3 is 19.5 Å². The minimum absolute atomic E-state index is 0.187. The molecule has 0 saturated carbocycles. The summed E-state index contributed by atoms with van der Waals surface area (Å²) in [5.74, 6) is 1.21. The van der Waals surface area contributed by atoms with Gasteiger partial charge in [0.25, 0.3) is 5.91 Å². The Kier molecular flexibility index (Phi) is 5.02. The van der Waals surface area contributed by atoms with E-state index < -0.39 is 0 Å². The molecule has 1 aliphatic rings. The number of halogens is 2. The molecule has 5 nitrogen and oxygen atoms in total. The van der Waals surface area contributed by atoms with E-state index >= 15 is 0 Å². The number of benzene rings is 2. The van der Waals surface area contributed by atoms with Crippen LogP contribution in [0.5, 0.6) is 17.2 Å². The number of carbonyl (C=O) groups excluding carboxylic acids is 1. The topological polar surface area (TPSA) is 56.8 Å². The highest BCUT2D eigenvalue weighted by Gasteiger charge is 2.16. The van der Waals surface area contributed by atoms with Crippen LogP contribution in [0.15, 0.2) is 30.3 Å². The molecule has 2 aromatic rings.